The molecule has 0 spiro atoms. The van der Waals surface area contributed by atoms with Crippen molar-refractivity contribution in [3.05, 3.63) is 11.6 Å². The predicted molar refractivity (Wildman–Crippen MR) is 67.2 cm³/mol. The maximum absolute atomic E-state index is 11.8. The Balaban J connectivity index is 2.31. The van der Waals surface area contributed by atoms with Gasteiger partial charge in [-0.3, -0.25) is 4.79 Å². The van der Waals surface area contributed by atoms with E-state index in [9.17, 15) is 4.79 Å². The molecule has 1 nitrogen and oxygen atoms in total. The first-order valence-electron chi connectivity index (χ1n) is 6.67. The maximum atomic E-state index is 11.8. The molecule has 2 rings (SSSR count). The molecule has 1 saturated carbocycles. The van der Waals surface area contributed by atoms with Crippen molar-refractivity contribution in [2.75, 3.05) is 0 Å². The van der Waals surface area contributed by atoms with Gasteiger partial charge in [0.2, 0.25) is 0 Å². The Labute approximate surface area is 99.3 Å². The number of carbonyl (C=O) groups excluding carboxylic acids is 1. The molecular weight excluding hydrogens is 196 g/mol. The van der Waals surface area contributed by atoms with Gasteiger partial charge < -0.3 is 0 Å². The molecule has 90 valence electrons. The largest absolute Gasteiger partial charge is 0.299 e. The van der Waals surface area contributed by atoms with Crippen LogP contribution in [0.3, 0.4) is 0 Å². The molecule has 0 N–H and O–H groups in total. The lowest BCUT2D eigenvalue weighted by Crippen LogP contribution is -2.22. The van der Waals surface area contributed by atoms with E-state index in [-0.39, 0.29) is 5.92 Å². The van der Waals surface area contributed by atoms with E-state index in [4.69, 9.17) is 0 Å². The minimum atomic E-state index is 0.236. The zero-order valence-electron chi connectivity index (χ0n) is 11.0. The van der Waals surface area contributed by atoms with Crippen LogP contribution >= 0.6 is 0 Å². The van der Waals surface area contributed by atoms with Gasteiger partial charge >= 0.3 is 0 Å². The summed E-state index contributed by atoms with van der Waals surface area (Å²) in [5.74, 6) is 2.19. The Morgan fingerprint density at radius 2 is 2.00 bits per heavy atom. The summed E-state index contributed by atoms with van der Waals surface area (Å²) in [4.78, 5) is 11.8. The molecule has 0 aliphatic heterocycles. The molecule has 0 heterocycles. The minimum absolute atomic E-state index is 0.236. The van der Waals surface area contributed by atoms with E-state index in [0.29, 0.717) is 17.1 Å². The van der Waals surface area contributed by atoms with Gasteiger partial charge in [0.15, 0.2) is 0 Å². The van der Waals surface area contributed by atoms with E-state index in [2.05, 4.69) is 33.8 Å². The Kier molecular flexibility index (Phi) is 2.98. The van der Waals surface area contributed by atoms with E-state index in [0.717, 1.165) is 25.2 Å². The van der Waals surface area contributed by atoms with Crippen molar-refractivity contribution in [2.24, 2.45) is 23.2 Å². The first-order chi connectivity index (χ1) is 7.44. The Morgan fingerprint density at radius 3 is 2.69 bits per heavy atom. The molecular formula is C15H24O. The number of ketones is 1. The normalized spacial score (nSPS) is 47.9. The van der Waals surface area contributed by atoms with Crippen molar-refractivity contribution in [1.82, 2.24) is 0 Å². The molecule has 0 aromatic heterocycles. The van der Waals surface area contributed by atoms with Gasteiger partial charge in [-0.05, 0) is 36.5 Å². The number of hydrogen-bond acceptors (Lipinski definition) is 1. The fraction of sp³-hybridized carbons (Fsp3) is 0.800. The summed E-state index contributed by atoms with van der Waals surface area (Å²) in [5, 5.41) is 0. The van der Waals surface area contributed by atoms with Gasteiger partial charge in [0.1, 0.15) is 5.78 Å². The number of carbonyl (C=O) groups is 1. The van der Waals surface area contributed by atoms with Gasteiger partial charge in [0.25, 0.3) is 0 Å². The highest BCUT2D eigenvalue weighted by molar-refractivity contribution is 5.81. The standard InChI is InChI=1S/C15H24O/c1-10-5-6-13-12(3)11(2)9-15(13,4)8-7-14(10)16/h6,10-12H,5,7-9H2,1-4H3/b13-6-/t10-,11+,12-,15+/m1/s1. The molecule has 16 heavy (non-hydrogen) atoms. The summed E-state index contributed by atoms with van der Waals surface area (Å²) < 4.78 is 0. The van der Waals surface area contributed by atoms with Crippen molar-refractivity contribution < 1.29 is 4.79 Å². The van der Waals surface area contributed by atoms with Crippen LogP contribution in [0.25, 0.3) is 0 Å². The molecule has 0 aromatic carbocycles. The summed E-state index contributed by atoms with van der Waals surface area (Å²) in [6.07, 6.45) is 6.46. The monoisotopic (exact) mass is 220 g/mol. The van der Waals surface area contributed by atoms with Gasteiger partial charge in [0.05, 0.1) is 0 Å². The number of Topliss-reactive ketones (excluding diaryl/α,β-unsaturated/α-hetero) is 1. The maximum Gasteiger partial charge on any atom is 0.136 e. The molecule has 4 atom stereocenters. The quantitative estimate of drug-likeness (QED) is 0.564. The van der Waals surface area contributed by atoms with Gasteiger partial charge in [-0.15, -0.1) is 0 Å². The lowest BCUT2D eigenvalue weighted by atomic mass is 9.75. The first-order valence-corrected chi connectivity index (χ1v) is 6.67. The van der Waals surface area contributed by atoms with Crippen LogP contribution in [0.15, 0.2) is 11.6 Å². The van der Waals surface area contributed by atoms with E-state index < -0.39 is 0 Å². The second-order valence-corrected chi connectivity index (χ2v) is 6.29. The summed E-state index contributed by atoms with van der Waals surface area (Å²) in [5.41, 5.74) is 1.95. The average molecular weight is 220 g/mol. The molecule has 0 aromatic rings. The molecule has 0 bridgehead atoms. The number of fused-ring (bicyclic) bond motifs is 1. The fourth-order valence-electron chi connectivity index (χ4n) is 3.62. The zero-order valence-corrected chi connectivity index (χ0v) is 11.0. The SMILES string of the molecule is C[C@@H]1C/C=C2/[C@H](C)[C@@H](C)C[C@]2(C)CCC1=O. The van der Waals surface area contributed by atoms with E-state index >= 15 is 0 Å². The summed E-state index contributed by atoms with van der Waals surface area (Å²) >= 11 is 0. The van der Waals surface area contributed by atoms with E-state index in [1.54, 1.807) is 5.57 Å². The highest BCUT2D eigenvalue weighted by Gasteiger charge is 2.43. The molecule has 0 amide bonds. The number of allylic oxidation sites excluding steroid dienone is 2. The molecule has 0 saturated heterocycles. The number of rotatable bonds is 0. The summed E-state index contributed by atoms with van der Waals surface area (Å²) in [6, 6.07) is 0. The van der Waals surface area contributed by atoms with Gasteiger partial charge in [-0.2, -0.15) is 0 Å². The van der Waals surface area contributed by atoms with Crippen molar-refractivity contribution in [3.63, 3.8) is 0 Å². The van der Waals surface area contributed by atoms with Gasteiger partial charge in [-0.25, -0.2) is 0 Å². The van der Waals surface area contributed by atoms with Crippen molar-refractivity contribution >= 4 is 5.78 Å². The molecule has 1 fully saturated rings. The molecule has 2 aliphatic rings. The molecule has 1 heteroatoms. The summed E-state index contributed by atoms with van der Waals surface area (Å²) in [7, 11) is 0. The van der Waals surface area contributed by atoms with E-state index in [1.165, 1.54) is 6.42 Å². The topological polar surface area (TPSA) is 17.1 Å². The predicted octanol–water partition coefficient (Wildman–Crippen LogP) is 3.98. The highest BCUT2D eigenvalue weighted by Crippen LogP contribution is 2.53. The molecule has 0 radical (unpaired) electrons. The second kappa shape index (κ2) is 4.01. The van der Waals surface area contributed by atoms with Gasteiger partial charge in [0, 0.05) is 12.3 Å². The van der Waals surface area contributed by atoms with E-state index in [1.807, 2.05) is 0 Å². The zero-order chi connectivity index (χ0) is 11.9. The Hall–Kier alpha value is -0.590. The van der Waals surface area contributed by atoms with Crippen LogP contribution in [-0.2, 0) is 4.79 Å². The van der Waals surface area contributed by atoms with Crippen molar-refractivity contribution in [1.29, 1.82) is 0 Å². The second-order valence-electron chi connectivity index (χ2n) is 6.29. The third-order valence-electron chi connectivity index (χ3n) is 4.98. The van der Waals surface area contributed by atoms with Crippen LogP contribution in [-0.4, -0.2) is 5.78 Å². The summed E-state index contributed by atoms with van der Waals surface area (Å²) in [6.45, 7) is 9.15. The van der Waals surface area contributed by atoms with Crippen molar-refractivity contribution in [3.8, 4) is 0 Å². The number of hydrogen-bond donors (Lipinski definition) is 0. The third kappa shape index (κ3) is 1.85. The fourth-order valence-corrected chi connectivity index (χ4v) is 3.62. The average Bonchev–Trinajstić information content (AvgIpc) is 2.43. The highest BCUT2D eigenvalue weighted by atomic mass is 16.1. The van der Waals surface area contributed by atoms with Crippen molar-refractivity contribution in [2.45, 2.75) is 53.4 Å². The third-order valence-corrected chi connectivity index (χ3v) is 4.98. The van der Waals surface area contributed by atoms with Crippen LogP contribution < -0.4 is 0 Å². The molecule has 0 unspecified atom stereocenters. The molecule has 2 aliphatic carbocycles. The first kappa shape index (κ1) is 11.9. The van der Waals surface area contributed by atoms with Crippen LogP contribution in [0.2, 0.25) is 0 Å². The lowest BCUT2D eigenvalue weighted by molar-refractivity contribution is -0.122. The Morgan fingerprint density at radius 1 is 1.31 bits per heavy atom. The smallest absolute Gasteiger partial charge is 0.136 e. The minimum Gasteiger partial charge on any atom is -0.299 e. The van der Waals surface area contributed by atoms with Crippen LogP contribution in [0.1, 0.15) is 53.4 Å². The van der Waals surface area contributed by atoms with Gasteiger partial charge in [-0.1, -0.05) is 39.3 Å². The lowest BCUT2D eigenvalue weighted by Gasteiger charge is -2.30. The van der Waals surface area contributed by atoms with Crippen LogP contribution in [0.4, 0.5) is 0 Å². The Bertz CT molecular complexity index is 328. The van der Waals surface area contributed by atoms with Crippen LogP contribution in [0.5, 0.6) is 0 Å². The van der Waals surface area contributed by atoms with Crippen LogP contribution in [0, 0.1) is 23.2 Å².